The van der Waals surface area contributed by atoms with E-state index in [2.05, 4.69) is 22.5 Å². The van der Waals surface area contributed by atoms with Crippen molar-refractivity contribution in [3.8, 4) is 11.8 Å². The quantitative estimate of drug-likeness (QED) is 0.665. The smallest absolute Gasteiger partial charge is 0.246 e. The molecular weight excluding hydrogens is 244 g/mol. The first kappa shape index (κ1) is 13.1. The Morgan fingerprint density at radius 3 is 2.95 bits per heavy atom. The second-order valence-corrected chi connectivity index (χ2v) is 4.15. The number of para-hydroxylation sites is 1. The maximum Gasteiger partial charge on any atom is 0.246 e. The predicted molar refractivity (Wildman–Crippen MR) is 70.2 cm³/mol. The zero-order valence-electron chi connectivity index (χ0n) is 10.3. The van der Waals surface area contributed by atoms with Crippen molar-refractivity contribution in [2.24, 2.45) is 0 Å². The van der Waals surface area contributed by atoms with E-state index in [1.54, 1.807) is 24.3 Å². The van der Waals surface area contributed by atoms with Crippen LogP contribution in [0, 0.1) is 11.8 Å². The van der Waals surface area contributed by atoms with Gasteiger partial charge < -0.3 is 15.7 Å². The first-order valence-electron chi connectivity index (χ1n) is 5.99. The molecule has 0 radical (unpaired) electrons. The molecule has 0 spiro atoms. The van der Waals surface area contributed by atoms with Gasteiger partial charge in [0.15, 0.2) is 0 Å². The van der Waals surface area contributed by atoms with E-state index in [1.165, 1.54) is 0 Å². The molecule has 0 bridgehead atoms. The van der Waals surface area contributed by atoms with E-state index >= 15 is 0 Å². The van der Waals surface area contributed by atoms with Gasteiger partial charge >= 0.3 is 0 Å². The fourth-order valence-electron chi connectivity index (χ4n) is 1.87. The number of hydrogen-bond donors (Lipinski definition) is 3. The molecule has 1 fully saturated rings. The van der Waals surface area contributed by atoms with Gasteiger partial charge in [0.05, 0.1) is 5.69 Å². The molecule has 1 aromatic carbocycles. The van der Waals surface area contributed by atoms with Gasteiger partial charge in [-0.1, -0.05) is 24.0 Å². The highest BCUT2D eigenvalue weighted by atomic mass is 16.2. The second kappa shape index (κ2) is 6.03. The summed E-state index contributed by atoms with van der Waals surface area (Å²) in [6.45, 7) is -0.235. The summed E-state index contributed by atoms with van der Waals surface area (Å²) >= 11 is 0. The van der Waals surface area contributed by atoms with Crippen molar-refractivity contribution in [1.29, 1.82) is 0 Å². The molecule has 1 aliphatic heterocycles. The average molecular weight is 258 g/mol. The van der Waals surface area contributed by atoms with Gasteiger partial charge in [-0.25, -0.2) is 0 Å². The highest BCUT2D eigenvalue weighted by molar-refractivity contribution is 5.99. The number of rotatable bonds is 2. The van der Waals surface area contributed by atoms with Crippen LogP contribution >= 0.6 is 0 Å². The minimum absolute atomic E-state index is 0.103. The minimum atomic E-state index is -0.480. The molecule has 2 amide bonds. The number of amides is 2. The monoisotopic (exact) mass is 258 g/mol. The van der Waals surface area contributed by atoms with Crippen molar-refractivity contribution in [1.82, 2.24) is 5.32 Å². The molecule has 0 saturated carbocycles. The van der Waals surface area contributed by atoms with Gasteiger partial charge in [0.2, 0.25) is 11.8 Å². The highest BCUT2D eigenvalue weighted by Crippen LogP contribution is 2.15. The summed E-state index contributed by atoms with van der Waals surface area (Å²) in [7, 11) is 0. The number of anilines is 1. The lowest BCUT2D eigenvalue weighted by atomic mass is 10.1. The van der Waals surface area contributed by atoms with E-state index in [1.807, 2.05) is 0 Å². The SMILES string of the molecule is O=C1CCC(C(=O)Nc2ccccc2C#CCO)N1. The number of aliphatic hydroxyl groups is 1. The van der Waals surface area contributed by atoms with Gasteiger partial charge in [0.1, 0.15) is 12.6 Å². The van der Waals surface area contributed by atoms with Crippen molar-refractivity contribution in [3.05, 3.63) is 29.8 Å². The predicted octanol–water partition coefficient (Wildman–Crippen LogP) is 0.247. The van der Waals surface area contributed by atoms with Crippen molar-refractivity contribution >= 4 is 17.5 Å². The third-order valence-corrected chi connectivity index (χ3v) is 2.80. The summed E-state index contributed by atoms with van der Waals surface area (Å²) < 4.78 is 0. The van der Waals surface area contributed by atoms with Crippen LogP contribution in [0.25, 0.3) is 0 Å². The van der Waals surface area contributed by atoms with E-state index < -0.39 is 6.04 Å². The lowest BCUT2D eigenvalue weighted by molar-refractivity contribution is -0.122. The van der Waals surface area contributed by atoms with E-state index in [4.69, 9.17) is 5.11 Å². The first-order chi connectivity index (χ1) is 9.20. The Morgan fingerprint density at radius 2 is 2.26 bits per heavy atom. The van der Waals surface area contributed by atoms with Gasteiger partial charge in [0, 0.05) is 12.0 Å². The summed E-state index contributed by atoms with van der Waals surface area (Å²) in [5.74, 6) is 4.96. The topological polar surface area (TPSA) is 78.4 Å². The van der Waals surface area contributed by atoms with Crippen LogP contribution in [-0.2, 0) is 9.59 Å². The molecule has 1 aliphatic rings. The van der Waals surface area contributed by atoms with E-state index in [9.17, 15) is 9.59 Å². The average Bonchev–Trinajstić information content (AvgIpc) is 2.84. The van der Waals surface area contributed by atoms with E-state index in [0.717, 1.165) is 0 Å². The fraction of sp³-hybridized carbons (Fsp3) is 0.286. The molecule has 5 nitrogen and oxygen atoms in total. The minimum Gasteiger partial charge on any atom is -0.384 e. The highest BCUT2D eigenvalue weighted by Gasteiger charge is 2.27. The van der Waals surface area contributed by atoms with Gasteiger partial charge in [-0.3, -0.25) is 9.59 Å². The van der Waals surface area contributed by atoms with Gasteiger partial charge in [0.25, 0.3) is 0 Å². The Morgan fingerprint density at radius 1 is 1.47 bits per heavy atom. The third kappa shape index (κ3) is 3.33. The molecule has 1 saturated heterocycles. The molecule has 0 aromatic heterocycles. The molecule has 1 atom stereocenters. The summed E-state index contributed by atoms with van der Waals surface area (Å²) in [4.78, 5) is 23.0. The Labute approximate surface area is 111 Å². The number of benzene rings is 1. The zero-order valence-corrected chi connectivity index (χ0v) is 10.3. The molecule has 98 valence electrons. The lowest BCUT2D eigenvalue weighted by Crippen LogP contribution is -2.37. The Kier molecular flexibility index (Phi) is 4.16. The Bertz CT molecular complexity index is 557. The zero-order chi connectivity index (χ0) is 13.7. The van der Waals surface area contributed by atoms with Crippen molar-refractivity contribution in [3.63, 3.8) is 0 Å². The summed E-state index contributed by atoms with van der Waals surface area (Å²) in [6, 6.07) is 6.59. The van der Waals surface area contributed by atoms with E-state index in [0.29, 0.717) is 24.1 Å². The molecule has 3 N–H and O–H groups in total. The molecule has 1 unspecified atom stereocenters. The standard InChI is InChI=1S/C14H14N2O3/c17-9-3-5-10-4-1-2-6-11(10)16-14(19)12-7-8-13(18)15-12/h1-2,4,6,12,17H,7-9H2,(H,15,18)(H,16,19). The molecule has 19 heavy (non-hydrogen) atoms. The molecule has 5 heteroatoms. The van der Waals surface area contributed by atoms with Crippen LogP contribution < -0.4 is 10.6 Å². The lowest BCUT2D eigenvalue weighted by Gasteiger charge is -2.12. The summed E-state index contributed by atoms with van der Waals surface area (Å²) in [6.07, 6.45) is 0.888. The van der Waals surface area contributed by atoms with Crippen LogP contribution in [0.2, 0.25) is 0 Å². The maximum absolute atomic E-state index is 12.0. The maximum atomic E-state index is 12.0. The number of nitrogens with one attached hydrogen (secondary N) is 2. The van der Waals surface area contributed by atoms with Gasteiger partial charge in [-0.15, -0.1) is 0 Å². The summed E-state index contributed by atoms with van der Waals surface area (Å²) in [5, 5.41) is 14.0. The van der Waals surface area contributed by atoms with Crippen LogP contribution in [0.15, 0.2) is 24.3 Å². The molecule has 1 heterocycles. The second-order valence-electron chi connectivity index (χ2n) is 4.15. The molecule has 0 aliphatic carbocycles. The number of hydrogen-bond acceptors (Lipinski definition) is 3. The Hall–Kier alpha value is -2.32. The number of carbonyl (C=O) groups excluding carboxylic acids is 2. The van der Waals surface area contributed by atoms with Crippen LogP contribution in [0.4, 0.5) is 5.69 Å². The van der Waals surface area contributed by atoms with Gasteiger partial charge in [-0.2, -0.15) is 0 Å². The normalized spacial score (nSPS) is 17.3. The first-order valence-corrected chi connectivity index (χ1v) is 5.99. The van der Waals surface area contributed by atoms with Crippen LogP contribution in [-0.4, -0.2) is 29.6 Å². The molecular formula is C14H14N2O3. The number of carbonyl (C=O) groups is 2. The van der Waals surface area contributed by atoms with Crippen molar-refractivity contribution in [2.45, 2.75) is 18.9 Å². The van der Waals surface area contributed by atoms with Crippen molar-refractivity contribution < 1.29 is 14.7 Å². The van der Waals surface area contributed by atoms with Crippen LogP contribution in [0.1, 0.15) is 18.4 Å². The Balaban J connectivity index is 2.10. The largest absolute Gasteiger partial charge is 0.384 e. The third-order valence-electron chi connectivity index (χ3n) is 2.80. The van der Waals surface area contributed by atoms with E-state index in [-0.39, 0.29) is 18.4 Å². The van der Waals surface area contributed by atoms with Crippen LogP contribution in [0.5, 0.6) is 0 Å². The van der Waals surface area contributed by atoms with Gasteiger partial charge in [-0.05, 0) is 18.6 Å². The molecule has 2 rings (SSSR count). The fourth-order valence-corrected chi connectivity index (χ4v) is 1.87. The van der Waals surface area contributed by atoms with Crippen LogP contribution in [0.3, 0.4) is 0 Å². The number of aliphatic hydroxyl groups excluding tert-OH is 1. The van der Waals surface area contributed by atoms with Crippen molar-refractivity contribution in [2.75, 3.05) is 11.9 Å². The molecule has 1 aromatic rings. The summed E-state index contributed by atoms with van der Waals surface area (Å²) in [5.41, 5.74) is 1.21.